The average molecular weight is 368 g/mol. The minimum Gasteiger partial charge on any atom is -0.354 e. The maximum atomic E-state index is 12.2. The van der Waals surface area contributed by atoms with Crippen LogP contribution in [-0.2, 0) is 14.8 Å². The highest BCUT2D eigenvalue weighted by Crippen LogP contribution is 2.11. The van der Waals surface area contributed by atoms with Gasteiger partial charge < -0.3 is 5.32 Å². The van der Waals surface area contributed by atoms with Crippen LogP contribution in [0, 0.1) is 5.92 Å². The van der Waals surface area contributed by atoms with Crippen molar-refractivity contribution in [1.82, 2.24) is 10.0 Å². The minimum absolute atomic E-state index is 0.0273. The second kappa shape index (κ2) is 9.68. The molecule has 0 spiro atoms. The fourth-order valence-electron chi connectivity index (χ4n) is 2.25. The van der Waals surface area contributed by atoms with Crippen LogP contribution in [0.5, 0.6) is 0 Å². The summed E-state index contributed by atoms with van der Waals surface area (Å²) in [6.45, 7) is 7.65. The normalized spacial score (nSPS) is 12.8. The number of Topliss-reactive ketones (excluding diaryl/α,β-unsaturated/α-hetero) is 1. The van der Waals surface area contributed by atoms with Crippen molar-refractivity contribution in [3.05, 3.63) is 29.8 Å². The van der Waals surface area contributed by atoms with Crippen LogP contribution >= 0.6 is 0 Å². The summed E-state index contributed by atoms with van der Waals surface area (Å²) in [6, 6.07) is 5.78. The number of carbonyl (C=O) groups excluding carboxylic acids is 2. The highest BCUT2D eigenvalue weighted by atomic mass is 32.2. The van der Waals surface area contributed by atoms with E-state index < -0.39 is 10.0 Å². The van der Waals surface area contributed by atoms with Gasteiger partial charge in [0.25, 0.3) is 0 Å². The topological polar surface area (TPSA) is 92.3 Å². The van der Waals surface area contributed by atoms with Crippen molar-refractivity contribution in [2.24, 2.45) is 5.92 Å². The first kappa shape index (κ1) is 21.3. The van der Waals surface area contributed by atoms with Crippen LogP contribution in [0.1, 0.15) is 57.3 Å². The van der Waals surface area contributed by atoms with Gasteiger partial charge in [0, 0.05) is 24.6 Å². The molecule has 7 heteroatoms. The van der Waals surface area contributed by atoms with Crippen molar-refractivity contribution in [1.29, 1.82) is 0 Å². The molecule has 0 aliphatic heterocycles. The summed E-state index contributed by atoms with van der Waals surface area (Å²) in [6.07, 6.45) is 2.01. The molecule has 0 fully saturated rings. The predicted molar refractivity (Wildman–Crippen MR) is 97.9 cm³/mol. The number of hydrogen-bond acceptors (Lipinski definition) is 4. The monoisotopic (exact) mass is 368 g/mol. The second-order valence-electron chi connectivity index (χ2n) is 6.67. The Morgan fingerprint density at radius 2 is 1.64 bits per heavy atom. The molecule has 1 atom stereocenters. The number of hydrogen-bond donors (Lipinski definition) is 2. The molecule has 0 bridgehead atoms. The number of amides is 1. The molecule has 25 heavy (non-hydrogen) atoms. The molecule has 0 aromatic heterocycles. The van der Waals surface area contributed by atoms with E-state index in [0.29, 0.717) is 11.5 Å². The van der Waals surface area contributed by atoms with Gasteiger partial charge in [-0.15, -0.1) is 0 Å². The molecule has 0 heterocycles. The zero-order valence-corrected chi connectivity index (χ0v) is 16.2. The number of ketones is 1. The van der Waals surface area contributed by atoms with Crippen LogP contribution in [0.3, 0.4) is 0 Å². The first-order chi connectivity index (χ1) is 11.6. The molecule has 0 radical (unpaired) electrons. The summed E-state index contributed by atoms with van der Waals surface area (Å²) in [5.41, 5.74) is 0.453. The Labute approximate surface area is 150 Å². The molecule has 1 aromatic rings. The minimum atomic E-state index is -3.69. The number of nitrogens with one attached hydrogen (secondary N) is 2. The lowest BCUT2D eigenvalue weighted by molar-refractivity contribution is -0.121. The number of sulfonamides is 1. The molecule has 0 saturated carbocycles. The van der Waals surface area contributed by atoms with E-state index >= 15 is 0 Å². The van der Waals surface area contributed by atoms with Crippen LogP contribution in [0.4, 0.5) is 0 Å². The lowest BCUT2D eigenvalue weighted by Gasteiger charge is -2.15. The van der Waals surface area contributed by atoms with E-state index in [0.717, 1.165) is 12.8 Å². The lowest BCUT2D eigenvalue weighted by atomic mass is 10.0. The van der Waals surface area contributed by atoms with Crippen molar-refractivity contribution >= 4 is 21.7 Å². The first-order valence-electron chi connectivity index (χ1n) is 8.52. The van der Waals surface area contributed by atoms with E-state index in [1.165, 1.54) is 31.2 Å². The fraction of sp³-hybridized carbons (Fsp3) is 0.556. The quantitative estimate of drug-likeness (QED) is 0.621. The second-order valence-corrected chi connectivity index (χ2v) is 8.44. The third kappa shape index (κ3) is 7.79. The van der Waals surface area contributed by atoms with Gasteiger partial charge in [-0.25, -0.2) is 13.1 Å². The highest BCUT2D eigenvalue weighted by Gasteiger charge is 2.15. The Hall–Kier alpha value is -1.73. The molecule has 2 N–H and O–H groups in total. The smallest absolute Gasteiger partial charge is 0.240 e. The van der Waals surface area contributed by atoms with E-state index in [1.807, 2.05) is 6.92 Å². The first-order valence-corrected chi connectivity index (χ1v) is 10.00. The Morgan fingerprint density at radius 1 is 1.04 bits per heavy atom. The summed E-state index contributed by atoms with van der Waals surface area (Å²) in [7, 11) is -3.69. The zero-order valence-electron chi connectivity index (χ0n) is 15.3. The van der Waals surface area contributed by atoms with E-state index in [4.69, 9.17) is 0 Å². The SMILES string of the molecule is CC(=O)c1ccc(S(=O)(=O)NCCC(=O)NC(C)CCC(C)C)cc1. The van der Waals surface area contributed by atoms with Crippen LogP contribution in [-0.4, -0.2) is 32.7 Å². The molecular weight excluding hydrogens is 340 g/mol. The summed E-state index contributed by atoms with van der Waals surface area (Å²) in [5, 5.41) is 2.87. The Morgan fingerprint density at radius 3 is 2.16 bits per heavy atom. The Bertz CT molecular complexity index is 682. The van der Waals surface area contributed by atoms with Gasteiger partial charge in [0.1, 0.15) is 0 Å². The van der Waals surface area contributed by atoms with Crippen LogP contribution in [0.2, 0.25) is 0 Å². The van der Waals surface area contributed by atoms with E-state index in [1.54, 1.807) is 0 Å². The van der Waals surface area contributed by atoms with Gasteiger partial charge in [-0.2, -0.15) is 0 Å². The van der Waals surface area contributed by atoms with Gasteiger partial charge in [0.05, 0.1) is 4.90 Å². The molecule has 1 aromatic carbocycles. The van der Waals surface area contributed by atoms with E-state index in [2.05, 4.69) is 23.9 Å². The zero-order chi connectivity index (χ0) is 19.0. The van der Waals surface area contributed by atoms with Crippen molar-refractivity contribution in [2.45, 2.75) is 57.9 Å². The molecule has 0 saturated heterocycles. The van der Waals surface area contributed by atoms with Gasteiger partial charge in [0.15, 0.2) is 5.78 Å². The van der Waals surface area contributed by atoms with Crippen LogP contribution < -0.4 is 10.0 Å². The third-order valence-corrected chi connectivity index (χ3v) is 5.28. The van der Waals surface area contributed by atoms with Gasteiger partial charge >= 0.3 is 0 Å². The summed E-state index contributed by atoms with van der Waals surface area (Å²) in [4.78, 5) is 23.1. The van der Waals surface area contributed by atoms with Crippen molar-refractivity contribution in [3.8, 4) is 0 Å². The van der Waals surface area contributed by atoms with E-state index in [9.17, 15) is 18.0 Å². The van der Waals surface area contributed by atoms with E-state index in [-0.39, 0.29) is 35.6 Å². The Balaban J connectivity index is 2.45. The van der Waals surface area contributed by atoms with Gasteiger partial charge in [-0.3, -0.25) is 9.59 Å². The molecule has 0 aliphatic carbocycles. The molecule has 0 aliphatic rings. The number of rotatable bonds is 10. The molecular formula is C18H28N2O4S. The third-order valence-electron chi connectivity index (χ3n) is 3.80. The molecule has 1 unspecified atom stereocenters. The lowest BCUT2D eigenvalue weighted by Crippen LogP contribution is -2.35. The van der Waals surface area contributed by atoms with Crippen molar-refractivity contribution < 1.29 is 18.0 Å². The van der Waals surface area contributed by atoms with Crippen molar-refractivity contribution in [3.63, 3.8) is 0 Å². The molecule has 6 nitrogen and oxygen atoms in total. The Kier molecular flexibility index (Phi) is 8.25. The largest absolute Gasteiger partial charge is 0.354 e. The summed E-state index contributed by atoms with van der Waals surface area (Å²) < 4.78 is 26.7. The standard InChI is InChI=1S/C18H28N2O4S/c1-13(2)5-6-14(3)20-18(22)11-12-19-25(23,24)17-9-7-16(8-10-17)15(4)21/h7-10,13-14,19H,5-6,11-12H2,1-4H3,(H,20,22). The summed E-state index contributed by atoms with van der Waals surface area (Å²) in [5.74, 6) is 0.284. The average Bonchev–Trinajstić information content (AvgIpc) is 2.52. The van der Waals surface area contributed by atoms with Crippen LogP contribution in [0.25, 0.3) is 0 Å². The molecule has 140 valence electrons. The fourth-order valence-corrected chi connectivity index (χ4v) is 3.29. The predicted octanol–water partition coefficient (Wildman–Crippen LogP) is 2.50. The van der Waals surface area contributed by atoms with Gasteiger partial charge in [0.2, 0.25) is 15.9 Å². The number of benzene rings is 1. The molecule has 1 amide bonds. The van der Waals surface area contributed by atoms with Crippen molar-refractivity contribution in [2.75, 3.05) is 6.54 Å². The molecule has 1 rings (SSSR count). The van der Waals surface area contributed by atoms with Crippen LogP contribution in [0.15, 0.2) is 29.2 Å². The highest BCUT2D eigenvalue weighted by molar-refractivity contribution is 7.89. The summed E-state index contributed by atoms with van der Waals surface area (Å²) >= 11 is 0. The van der Waals surface area contributed by atoms with Gasteiger partial charge in [-0.1, -0.05) is 26.0 Å². The maximum absolute atomic E-state index is 12.2. The number of carbonyl (C=O) groups is 2. The van der Waals surface area contributed by atoms with Gasteiger partial charge in [-0.05, 0) is 44.7 Å². The maximum Gasteiger partial charge on any atom is 0.240 e.